The molecule has 0 spiro atoms. The third-order valence-electron chi connectivity index (χ3n) is 7.41. The topological polar surface area (TPSA) is 125 Å². The van der Waals surface area contributed by atoms with E-state index < -0.39 is 76.8 Å². The summed E-state index contributed by atoms with van der Waals surface area (Å²) in [6, 6.07) is 6.81. The zero-order valence-corrected chi connectivity index (χ0v) is 23.0. The van der Waals surface area contributed by atoms with Gasteiger partial charge in [0.25, 0.3) is 0 Å². The van der Waals surface area contributed by atoms with Crippen LogP contribution in [0, 0.1) is 17.6 Å². The number of benzene rings is 2. The van der Waals surface area contributed by atoms with E-state index in [1.54, 1.807) is 0 Å². The number of hydrogen-bond donors (Lipinski definition) is 1. The summed E-state index contributed by atoms with van der Waals surface area (Å²) in [5.74, 6) is -5.35. The largest absolute Gasteiger partial charge is 0.490 e. The molecule has 3 aliphatic rings. The van der Waals surface area contributed by atoms with Crippen LogP contribution < -0.4 is 10.1 Å². The SMILES string of the molecule is O=C(CS(=O)(=O)CCC1OCCC2(S(=O)(=O)c3ccc(Cl)cc3)c3c(F)ccc(F)c3OCC12)NC1COC1. The van der Waals surface area contributed by atoms with E-state index in [9.17, 15) is 26.0 Å². The zero-order chi connectivity index (χ0) is 28.0. The molecule has 0 saturated carbocycles. The molecule has 3 atom stereocenters. The molecule has 3 aliphatic heterocycles. The van der Waals surface area contributed by atoms with E-state index in [1.807, 2.05) is 0 Å². The van der Waals surface area contributed by atoms with Crippen molar-refractivity contribution in [3.8, 4) is 5.75 Å². The maximum Gasteiger partial charge on any atom is 0.235 e. The van der Waals surface area contributed by atoms with Crippen LogP contribution in [-0.2, 0) is 38.7 Å². The Kier molecular flexibility index (Phi) is 7.66. The molecular formula is C25H26ClF2NO8S2. The maximum atomic E-state index is 15.4. The van der Waals surface area contributed by atoms with Gasteiger partial charge in [0.05, 0.1) is 48.2 Å². The Morgan fingerprint density at radius 2 is 1.72 bits per heavy atom. The van der Waals surface area contributed by atoms with Crippen molar-refractivity contribution in [1.82, 2.24) is 5.32 Å². The summed E-state index contributed by atoms with van der Waals surface area (Å²) in [7, 11) is -8.33. The second kappa shape index (κ2) is 10.6. The quantitative estimate of drug-likeness (QED) is 0.486. The molecule has 2 fully saturated rings. The summed E-state index contributed by atoms with van der Waals surface area (Å²) >= 11 is 5.96. The molecule has 212 valence electrons. The smallest absolute Gasteiger partial charge is 0.235 e. The molecule has 2 saturated heterocycles. The van der Waals surface area contributed by atoms with E-state index in [2.05, 4.69) is 5.32 Å². The van der Waals surface area contributed by atoms with Gasteiger partial charge in [0.15, 0.2) is 31.2 Å². The van der Waals surface area contributed by atoms with Crippen molar-refractivity contribution in [1.29, 1.82) is 0 Å². The lowest BCUT2D eigenvalue weighted by molar-refractivity contribution is -0.122. The molecule has 5 rings (SSSR count). The fraction of sp³-hybridized carbons (Fsp3) is 0.480. The Morgan fingerprint density at radius 3 is 2.38 bits per heavy atom. The Labute approximate surface area is 229 Å². The summed E-state index contributed by atoms with van der Waals surface area (Å²) in [6.07, 6.45) is -1.40. The highest BCUT2D eigenvalue weighted by Crippen LogP contribution is 2.55. The van der Waals surface area contributed by atoms with Gasteiger partial charge in [-0.3, -0.25) is 4.79 Å². The lowest BCUT2D eigenvalue weighted by Gasteiger charge is -2.50. The van der Waals surface area contributed by atoms with Gasteiger partial charge >= 0.3 is 0 Å². The fourth-order valence-corrected chi connectivity index (χ4v) is 9.18. The van der Waals surface area contributed by atoms with Gasteiger partial charge in [0, 0.05) is 17.5 Å². The standard InChI is InChI=1S/C25H26ClF2NO8S2/c26-15-1-3-17(4-2-15)39(33,34)25-8-9-36-21(7-10-38(31,32)14-22(30)29-16-11-35-12-16)18(25)13-37-24-20(28)6-5-19(27)23(24)25/h1-6,16,18,21H,7-14H2,(H,29,30). The minimum absolute atomic E-state index is 0.154. The molecule has 14 heteroatoms. The molecule has 39 heavy (non-hydrogen) atoms. The van der Waals surface area contributed by atoms with Crippen LogP contribution in [-0.4, -0.2) is 72.8 Å². The van der Waals surface area contributed by atoms with Crippen molar-refractivity contribution >= 4 is 37.2 Å². The second-order valence-electron chi connectivity index (χ2n) is 9.84. The van der Waals surface area contributed by atoms with E-state index in [0.717, 1.165) is 12.1 Å². The first-order valence-electron chi connectivity index (χ1n) is 12.3. The maximum absolute atomic E-state index is 15.4. The van der Waals surface area contributed by atoms with Crippen LogP contribution in [0.4, 0.5) is 8.78 Å². The van der Waals surface area contributed by atoms with Crippen molar-refractivity contribution in [3.05, 3.63) is 58.6 Å². The third kappa shape index (κ3) is 5.15. The van der Waals surface area contributed by atoms with Gasteiger partial charge in [0.1, 0.15) is 16.3 Å². The van der Waals surface area contributed by atoms with Crippen LogP contribution >= 0.6 is 11.6 Å². The van der Waals surface area contributed by atoms with Gasteiger partial charge in [0.2, 0.25) is 5.91 Å². The highest BCUT2D eigenvalue weighted by Gasteiger charge is 2.61. The van der Waals surface area contributed by atoms with Crippen molar-refractivity contribution in [3.63, 3.8) is 0 Å². The lowest BCUT2D eigenvalue weighted by atomic mass is 9.75. The normalized spacial score (nSPS) is 25.1. The first kappa shape index (κ1) is 28.2. The van der Waals surface area contributed by atoms with Crippen LogP contribution in [0.3, 0.4) is 0 Å². The molecule has 3 heterocycles. The summed E-state index contributed by atoms with van der Waals surface area (Å²) < 4.78 is 98.6. The molecule has 3 unspecified atom stereocenters. The van der Waals surface area contributed by atoms with Gasteiger partial charge < -0.3 is 19.5 Å². The average molecular weight is 606 g/mol. The summed E-state index contributed by atoms with van der Waals surface area (Å²) in [6.45, 7) is 0.108. The summed E-state index contributed by atoms with van der Waals surface area (Å²) in [4.78, 5) is 12.0. The molecular weight excluding hydrogens is 580 g/mol. The van der Waals surface area contributed by atoms with Crippen LogP contribution in [0.5, 0.6) is 5.75 Å². The number of sulfone groups is 2. The first-order chi connectivity index (χ1) is 18.4. The Balaban J connectivity index is 1.49. The highest BCUT2D eigenvalue weighted by molar-refractivity contribution is 7.92. The van der Waals surface area contributed by atoms with Crippen LogP contribution in [0.25, 0.3) is 0 Å². The third-order valence-corrected chi connectivity index (χ3v) is 11.8. The van der Waals surface area contributed by atoms with Crippen molar-refractivity contribution in [2.75, 3.05) is 37.9 Å². The van der Waals surface area contributed by atoms with Gasteiger partial charge in [-0.2, -0.15) is 0 Å². The highest BCUT2D eigenvalue weighted by atomic mass is 35.5. The first-order valence-corrected chi connectivity index (χ1v) is 15.9. The molecule has 1 N–H and O–H groups in total. The second-order valence-corrected chi connectivity index (χ2v) is 14.7. The number of halogens is 3. The monoisotopic (exact) mass is 605 g/mol. The molecule has 2 aromatic rings. The number of amides is 1. The Bertz CT molecular complexity index is 1480. The molecule has 0 bridgehead atoms. The number of hydrogen-bond acceptors (Lipinski definition) is 8. The van der Waals surface area contributed by atoms with E-state index in [4.69, 9.17) is 25.8 Å². The zero-order valence-electron chi connectivity index (χ0n) is 20.6. The Morgan fingerprint density at radius 1 is 1.03 bits per heavy atom. The number of carbonyl (C=O) groups excluding carboxylic acids is 1. The number of rotatable bonds is 8. The van der Waals surface area contributed by atoms with Crippen molar-refractivity contribution in [2.45, 2.75) is 34.6 Å². The van der Waals surface area contributed by atoms with Crippen LogP contribution in [0.2, 0.25) is 5.02 Å². The molecule has 2 aromatic carbocycles. The number of fused-ring (bicyclic) bond motifs is 3. The fourth-order valence-electron chi connectivity index (χ4n) is 5.49. The van der Waals surface area contributed by atoms with E-state index in [1.165, 1.54) is 24.3 Å². The average Bonchev–Trinajstić information content (AvgIpc) is 2.86. The lowest BCUT2D eigenvalue weighted by Crippen LogP contribution is -2.57. The van der Waals surface area contributed by atoms with Crippen molar-refractivity contribution < 1.29 is 44.6 Å². The molecule has 9 nitrogen and oxygen atoms in total. The predicted octanol–water partition coefficient (Wildman–Crippen LogP) is 2.40. The van der Waals surface area contributed by atoms with Crippen LogP contribution in [0.15, 0.2) is 41.3 Å². The molecule has 0 aliphatic carbocycles. The number of nitrogens with one attached hydrogen (secondary N) is 1. The summed E-state index contributed by atoms with van der Waals surface area (Å²) in [5, 5.41) is 2.85. The van der Waals surface area contributed by atoms with Gasteiger partial charge in [-0.1, -0.05) is 11.6 Å². The van der Waals surface area contributed by atoms with E-state index in [0.29, 0.717) is 13.2 Å². The number of carbonyl (C=O) groups is 1. The van der Waals surface area contributed by atoms with Gasteiger partial charge in [-0.15, -0.1) is 0 Å². The minimum Gasteiger partial charge on any atom is -0.490 e. The molecule has 0 radical (unpaired) electrons. The van der Waals surface area contributed by atoms with Crippen molar-refractivity contribution in [2.24, 2.45) is 5.92 Å². The predicted molar refractivity (Wildman–Crippen MR) is 136 cm³/mol. The number of ether oxygens (including phenoxy) is 3. The minimum atomic E-state index is -4.42. The van der Waals surface area contributed by atoms with Gasteiger partial charge in [-0.25, -0.2) is 25.6 Å². The molecule has 0 aromatic heterocycles. The van der Waals surface area contributed by atoms with E-state index in [-0.39, 0.29) is 42.0 Å². The Hall–Kier alpha value is -2.32. The van der Waals surface area contributed by atoms with Crippen LogP contribution in [0.1, 0.15) is 18.4 Å². The molecule has 1 amide bonds. The summed E-state index contributed by atoms with van der Waals surface area (Å²) in [5.41, 5.74) is -0.438. The van der Waals surface area contributed by atoms with E-state index >= 15 is 4.39 Å². The van der Waals surface area contributed by atoms with Gasteiger partial charge in [-0.05, 0) is 49.2 Å².